The van der Waals surface area contributed by atoms with Crippen LogP contribution in [0.4, 0.5) is 10.5 Å². The normalized spacial score (nSPS) is 13.7. The number of H-pyrrole nitrogens is 2. The van der Waals surface area contributed by atoms with E-state index in [4.69, 9.17) is 14.5 Å². The van der Waals surface area contributed by atoms with Gasteiger partial charge in [0, 0.05) is 42.8 Å². The molecular formula is C27H33N7O4. The number of fused-ring (bicyclic) bond motifs is 2. The fraction of sp³-hybridized carbons (Fsp3) is 0.407. The van der Waals surface area contributed by atoms with E-state index in [1.165, 1.54) is 0 Å². The standard InChI is InChI=1S/C27H33N7O4/c1-2-3-13-38-27(36)29-10-4-9-28-26(35)18-5-7-21-20(16-18)24(33-32-21)25-30-22-8-6-19(17-23(22)31-25)34-11-14-37-15-12-34/h5-8,16-17H,2-4,9-15H2,1H3,(H,28,35)(H,29,36)(H,30,31)(H,32,33). The number of amides is 2. The van der Waals surface area contributed by atoms with Crippen LogP contribution in [-0.2, 0) is 9.47 Å². The number of aromatic amines is 2. The Morgan fingerprint density at radius 3 is 2.74 bits per heavy atom. The number of hydrogen-bond acceptors (Lipinski definition) is 7. The van der Waals surface area contributed by atoms with Crippen molar-refractivity contribution < 1.29 is 19.1 Å². The predicted octanol–water partition coefficient (Wildman–Crippen LogP) is 3.59. The maximum atomic E-state index is 12.8. The zero-order valence-corrected chi connectivity index (χ0v) is 21.5. The average molecular weight is 520 g/mol. The van der Waals surface area contributed by atoms with Crippen LogP contribution in [0.5, 0.6) is 0 Å². The predicted molar refractivity (Wildman–Crippen MR) is 145 cm³/mol. The largest absolute Gasteiger partial charge is 0.450 e. The Morgan fingerprint density at radius 2 is 1.89 bits per heavy atom. The number of imidazole rings is 1. The van der Waals surface area contributed by atoms with Crippen LogP contribution in [0, 0.1) is 0 Å². The van der Waals surface area contributed by atoms with Gasteiger partial charge in [0.1, 0.15) is 5.69 Å². The fourth-order valence-electron chi connectivity index (χ4n) is 4.41. The van der Waals surface area contributed by atoms with Crippen LogP contribution in [0.25, 0.3) is 33.5 Å². The Kier molecular flexibility index (Phi) is 8.03. The minimum atomic E-state index is -0.425. The summed E-state index contributed by atoms with van der Waals surface area (Å²) in [6.45, 7) is 6.50. The van der Waals surface area contributed by atoms with Crippen molar-refractivity contribution in [3.8, 4) is 11.5 Å². The van der Waals surface area contributed by atoms with E-state index in [9.17, 15) is 9.59 Å². The molecule has 0 saturated carbocycles. The van der Waals surface area contributed by atoms with Gasteiger partial charge in [-0.15, -0.1) is 0 Å². The Hall–Kier alpha value is -4.12. The number of unbranched alkanes of at least 4 members (excludes halogenated alkanes) is 1. The van der Waals surface area contributed by atoms with Gasteiger partial charge in [-0.05, 0) is 49.2 Å². The van der Waals surface area contributed by atoms with Crippen LogP contribution in [0.1, 0.15) is 36.5 Å². The number of nitrogens with zero attached hydrogens (tertiary/aromatic N) is 3. The lowest BCUT2D eigenvalue weighted by Crippen LogP contribution is -2.36. The van der Waals surface area contributed by atoms with E-state index >= 15 is 0 Å². The molecule has 2 aromatic carbocycles. The molecule has 2 aromatic heterocycles. The van der Waals surface area contributed by atoms with Crippen molar-refractivity contribution in [3.05, 3.63) is 42.0 Å². The van der Waals surface area contributed by atoms with Crippen molar-refractivity contribution >= 4 is 39.6 Å². The second kappa shape index (κ2) is 12.0. The van der Waals surface area contributed by atoms with Gasteiger partial charge in [0.15, 0.2) is 5.82 Å². The average Bonchev–Trinajstić information content (AvgIpc) is 3.56. The second-order valence-electron chi connectivity index (χ2n) is 9.24. The molecule has 0 atom stereocenters. The van der Waals surface area contributed by atoms with E-state index in [1.807, 2.05) is 25.1 Å². The lowest BCUT2D eigenvalue weighted by molar-refractivity contribution is 0.0953. The molecule has 200 valence electrons. The molecule has 0 unspecified atom stereocenters. The van der Waals surface area contributed by atoms with Gasteiger partial charge < -0.3 is 30.0 Å². The third kappa shape index (κ3) is 5.88. The molecule has 1 saturated heterocycles. The number of morpholine rings is 1. The van der Waals surface area contributed by atoms with Gasteiger partial charge in [-0.3, -0.25) is 9.89 Å². The van der Waals surface area contributed by atoms with Crippen LogP contribution in [0.3, 0.4) is 0 Å². The quantitative estimate of drug-likeness (QED) is 0.235. The number of hydrogen-bond donors (Lipinski definition) is 4. The Labute approximate surface area is 220 Å². The van der Waals surface area contributed by atoms with E-state index < -0.39 is 6.09 Å². The minimum Gasteiger partial charge on any atom is -0.450 e. The highest BCUT2D eigenvalue weighted by Gasteiger charge is 2.17. The number of benzene rings is 2. The van der Waals surface area contributed by atoms with Crippen molar-refractivity contribution in [2.24, 2.45) is 0 Å². The molecule has 0 bridgehead atoms. The number of nitrogens with one attached hydrogen (secondary N) is 4. The molecule has 2 amide bonds. The second-order valence-corrected chi connectivity index (χ2v) is 9.24. The third-order valence-corrected chi connectivity index (χ3v) is 6.53. The molecule has 1 aliphatic heterocycles. The summed E-state index contributed by atoms with van der Waals surface area (Å²) < 4.78 is 10.5. The summed E-state index contributed by atoms with van der Waals surface area (Å²) >= 11 is 0. The van der Waals surface area contributed by atoms with Crippen LogP contribution in [0.15, 0.2) is 36.4 Å². The molecule has 1 aliphatic rings. The maximum Gasteiger partial charge on any atom is 0.407 e. The number of anilines is 1. The van der Waals surface area contributed by atoms with Gasteiger partial charge in [-0.1, -0.05) is 13.3 Å². The van der Waals surface area contributed by atoms with Crippen LogP contribution < -0.4 is 15.5 Å². The highest BCUT2D eigenvalue weighted by molar-refractivity contribution is 6.01. The molecule has 4 N–H and O–H groups in total. The molecule has 0 radical (unpaired) electrons. The Bertz CT molecular complexity index is 1410. The van der Waals surface area contributed by atoms with E-state index in [0.717, 1.165) is 66.8 Å². The first-order valence-electron chi connectivity index (χ1n) is 13.1. The monoisotopic (exact) mass is 519 g/mol. The van der Waals surface area contributed by atoms with E-state index in [-0.39, 0.29) is 5.91 Å². The summed E-state index contributed by atoms with van der Waals surface area (Å²) in [6.07, 6.45) is 1.99. The van der Waals surface area contributed by atoms with Crippen molar-refractivity contribution in [2.75, 3.05) is 50.9 Å². The zero-order valence-electron chi connectivity index (χ0n) is 21.5. The SMILES string of the molecule is CCCCOC(=O)NCCCNC(=O)c1ccc2[nH]nc(-c3nc4ccc(N5CCOCC5)cc4[nH]3)c2c1. The smallest absolute Gasteiger partial charge is 0.407 e. The number of carbonyl (C=O) groups excluding carboxylic acids is 2. The number of ether oxygens (including phenoxy) is 2. The first-order chi connectivity index (χ1) is 18.6. The van der Waals surface area contributed by atoms with Gasteiger partial charge in [-0.25, -0.2) is 9.78 Å². The molecule has 11 nitrogen and oxygen atoms in total. The van der Waals surface area contributed by atoms with Crippen LogP contribution in [0.2, 0.25) is 0 Å². The summed E-state index contributed by atoms with van der Waals surface area (Å²) in [5, 5.41) is 13.9. The summed E-state index contributed by atoms with van der Waals surface area (Å²) in [5.41, 5.74) is 4.91. The summed E-state index contributed by atoms with van der Waals surface area (Å²) in [7, 11) is 0. The fourth-order valence-corrected chi connectivity index (χ4v) is 4.41. The van der Waals surface area contributed by atoms with Crippen molar-refractivity contribution in [1.29, 1.82) is 0 Å². The van der Waals surface area contributed by atoms with Crippen molar-refractivity contribution in [3.63, 3.8) is 0 Å². The molecule has 3 heterocycles. The molecule has 11 heteroatoms. The molecule has 5 rings (SSSR count). The number of carbonyl (C=O) groups is 2. The van der Waals surface area contributed by atoms with Gasteiger partial charge in [0.25, 0.3) is 5.91 Å². The topological polar surface area (TPSA) is 137 Å². The lowest BCUT2D eigenvalue weighted by atomic mass is 10.1. The summed E-state index contributed by atoms with van der Waals surface area (Å²) in [5.74, 6) is 0.448. The van der Waals surface area contributed by atoms with Crippen molar-refractivity contribution in [1.82, 2.24) is 30.8 Å². The minimum absolute atomic E-state index is 0.190. The highest BCUT2D eigenvalue weighted by atomic mass is 16.5. The van der Waals surface area contributed by atoms with E-state index in [2.05, 4.69) is 42.8 Å². The van der Waals surface area contributed by atoms with E-state index in [1.54, 1.807) is 6.07 Å². The molecule has 38 heavy (non-hydrogen) atoms. The highest BCUT2D eigenvalue weighted by Crippen LogP contribution is 2.29. The third-order valence-electron chi connectivity index (χ3n) is 6.53. The van der Waals surface area contributed by atoms with Crippen LogP contribution >= 0.6 is 0 Å². The maximum absolute atomic E-state index is 12.8. The summed E-state index contributed by atoms with van der Waals surface area (Å²) in [6, 6.07) is 11.6. The number of rotatable bonds is 10. The molecular weight excluding hydrogens is 486 g/mol. The first kappa shape index (κ1) is 25.5. The number of alkyl carbamates (subject to hydrolysis) is 1. The number of aromatic nitrogens is 4. The van der Waals surface area contributed by atoms with Gasteiger partial charge in [-0.2, -0.15) is 5.10 Å². The summed E-state index contributed by atoms with van der Waals surface area (Å²) in [4.78, 5) is 34.8. The lowest BCUT2D eigenvalue weighted by Gasteiger charge is -2.28. The molecule has 0 aliphatic carbocycles. The zero-order chi connectivity index (χ0) is 26.3. The molecule has 0 spiro atoms. The Balaban J connectivity index is 1.23. The van der Waals surface area contributed by atoms with Crippen molar-refractivity contribution in [2.45, 2.75) is 26.2 Å². The molecule has 4 aromatic rings. The van der Waals surface area contributed by atoms with Gasteiger partial charge in [0.05, 0.1) is 36.4 Å². The molecule has 1 fully saturated rings. The Morgan fingerprint density at radius 1 is 1.05 bits per heavy atom. The van der Waals surface area contributed by atoms with E-state index in [0.29, 0.717) is 43.2 Å². The first-order valence-corrected chi connectivity index (χ1v) is 13.1. The van der Waals surface area contributed by atoms with Gasteiger partial charge in [0.2, 0.25) is 0 Å². The van der Waals surface area contributed by atoms with Gasteiger partial charge >= 0.3 is 6.09 Å². The van der Waals surface area contributed by atoms with Crippen LogP contribution in [-0.4, -0.2) is 78.2 Å².